The quantitative estimate of drug-likeness (QED) is 0.813. The van der Waals surface area contributed by atoms with Crippen LogP contribution in [0.1, 0.15) is 12.8 Å². The summed E-state index contributed by atoms with van der Waals surface area (Å²) in [6.07, 6.45) is 1.64. The molecule has 2 rings (SSSR count). The Morgan fingerprint density at radius 1 is 1.37 bits per heavy atom. The van der Waals surface area contributed by atoms with Gasteiger partial charge in [0.1, 0.15) is 10.7 Å². The van der Waals surface area contributed by atoms with Gasteiger partial charge in [0, 0.05) is 19.8 Å². The SMILES string of the molecule is Nc1c(F)cccc1S(=O)(=O)NCC1CCOCC1. The van der Waals surface area contributed by atoms with Crippen molar-refractivity contribution in [2.45, 2.75) is 17.7 Å². The third-order valence-corrected chi connectivity index (χ3v) is 4.69. The molecule has 1 aromatic rings. The predicted octanol–water partition coefficient (Wildman–Crippen LogP) is 1.11. The maximum atomic E-state index is 13.3. The van der Waals surface area contributed by atoms with Crippen LogP contribution in [0.4, 0.5) is 10.1 Å². The molecule has 0 unspecified atom stereocenters. The molecule has 0 spiro atoms. The second-order valence-corrected chi connectivity index (χ2v) is 6.29. The Hall–Kier alpha value is -1.18. The van der Waals surface area contributed by atoms with Gasteiger partial charge in [-0.3, -0.25) is 0 Å². The molecule has 0 bridgehead atoms. The topological polar surface area (TPSA) is 81.4 Å². The second-order valence-electron chi connectivity index (χ2n) is 4.56. The molecule has 106 valence electrons. The highest BCUT2D eigenvalue weighted by Gasteiger charge is 2.22. The van der Waals surface area contributed by atoms with Crippen molar-refractivity contribution < 1.29 is 17.5 Å². The van der Waals surface area contributed by atoms with E-state index >= 15 is 0 Å². The first-order chi connectivity index (χ1) is 9.00. The Morgan fingerprint density at radius 2 is 2.05 bits per heavy atom. The summed E-state index contributed by atoms with van der Waals surface area (Å²) in [5, 5.41) is 0. The van der Waals surface area contributed by atoms with Crippen LogP contribution in [0.2, 0.25) is 0 Å². The summed E-state index contributed by atoms with van der Waals surface area (Å²) in [5.74, 6) is -0.479. The van der Waals surface area contributed by atoms with Crippen molar-refractivity contribution in [2.24, 2.45) is 5.92 Å². The molecule has 1 heterocycles. The van der Waals surface area contributed by atoms with Crippen molar-refractivity contribution in [1.29, 1.82) is 0 Å². The smallest absolute Gasteiger partial charge is 0.242 e. The van der Waals surface area contributed by atoms with Gasteiger partial charge >= 0.3 is 0 Å². The van der Waals surface area contributed by atoms with E-state index in [1.807, 2.05) is 0 Å². The Labute approximate surface area is 112 Å². The van der Waals surface area contributed by atoms with Crippen molar-refractivity contribution in [2.75, 3.05) is 25.5 Å². The van der Waals surface area contributed by atoms with Crippen LogP contribution in [0.3, 0.4) is 0 Å². The van der Waals surface area contributed by atoms with Gasteiger partial charge in [0.15, 0.2) is 0 Å². The maximum absolute atomic E-state index is 13.3. The number of nitrogens with one attached hydrogen (secondary N) is 1. The standard InChI is InChI=1S/C12H17FN2O3S/c13-10-2-1-3-11(12(10)14)19(16,17)15-8-9-4-6-18-7-5-9/h1-3,9,15H,4-8,14H2. The molecule has 0 amide bonds. The highest BCUT2D eigenvalue weighted by molar-refractivity contribution is 7.89. The summed E-state index contributed by atoms with van der Waals surface area (Å²) in [6, 6.07) is 3.76. The van der Waals surface area contributed by atoms with Gasteiger partial charge in [0.25, 0.3) is 0 Å². The summed E-state index contributed by atoms with van der Waals surface area (Å²) < 4.78 is 45.1. The molecule has 0 aliphatic carbocycles. The normalized spacial score (nSPS) is 17.5. The van der Waals surface area contributed by atoms with Gasteiger partial charge in [-0.1, -0.05) is 6.07 Å². The number of benzene rings is 1. The van der Waals surface area contributed by atoms with E-state index in [0.29, 0.717) is 19.8 Å². The number of ether oxygens (including phenoxy) is 1. The zero-order valence-electron chi connectivity index (χ0n) is 10.4. The van der Waals surface area contributed by atoms with Crippen LogP contribution in [0, 0.1) is 11.7 Å². The van der Waals surface area contributed by atoms with Gasteiger partial charge in [0.2, 0.25) is 10.0 Å². The molecule has 1 aromatic carbocycles. The Balaban J connectivity index is 2.07. The number of rotatable bonds is 4. The minimum atomic E-state index is -3.77. The van der Waals surface area contributed by atoms with E-state index in [-0.39, 0.29) is 16.5 Å². The zero-order chi connectivity index (χ0) is 13.9. The lowest BCUT2D eigenvalue weighted by Gasteiger charge is -2.22. The van der Waals surface area contributed by atoms with Crippen molar-refractivity contribution in [3.05, 3.63) is 24.0 Å². The third-order valence-electron chi connectivity index (χ3n) is 3.21. The fraction of sp³-hybridized carbons (Fsp3) is 0.500. The number of anilines is 1. The summed E-state index contributed by atoms with van der Waals surface area (Å²) in [7, 11) is -3.77. The summed E-state index contributed by atoms with van der Waals surface area (Å²) in [6.45, 7) is 1.62. The lowest BCUT2D eigenvalue weighted by Crippen LogP contribution is -2.32. The predicted molar refractivity (Wildman–Crippen MR) is 69.5 cm³/mol. The first kappa shape index (κ1) is 14.2. The average molecular weight is 288 g/mol. The average Bonchev–Trinajstić information content (AvgIpc) is 2.41. The van der Waals surface area contributed by atoms with Crippen LogP contribution in [0.15, 0.2) is 23.1 Å². The fourth-order valence-electron chi connectivity index (χ4n) is 2.01. The number of nitrogens with two attached hydrogens (primary N) is 1. The minimum Gasteiger partial charge on any atom is -0.395 e. The molecule has 1 saturated heterocycles. The maximum Gasteiger partial charge on any atom is 0.242 e. The molecule has 1 fully saturated rings. The largest absolute Gasteiger partial charge is 0.395 e. The van der Waals surface area contributed by atoms with Crippen LogP contribution < -0.4 is 10.5 Å². The Bertz CT molecular complexity index is 542. The first-order valence-corrected chi connectivity index (χ1v) is 7.60. The van der Waals surface area contributed by atoms with Gasteiger partial charge in [0.05, 0.1) is 5.69 Å². The number of para-hydroxylation sites is 1. The number of halogens is 1. The van der Waals surface area contributed by atoms with Crippen molar-refractivity contribution >= 4 is 15.7 Å². The number of hydrogen-bond donors (Lipinski definition) is 2. The van der Waals surface area contributed by atoms with Crippen LogP contribution in [-0.4, -0.2) is 28.2 Å². The first-order valence-electron chi connectivity index (χ1n) is 6.12. The summed E-state index contributed by atoms with van der Waals surface area (Å²) in [5.41, 5.74) is 5.12. The van der Waals surface area contributed by atoms with E-state index in [1.54, 1.807) is 0 Å². The molecule has 19 heavy (non-hydrogen) atoms. The molecule has 0 saturated carbocycles. The summed E-state index contributed by atoms with van der Waals surface area (Å²) in [4.78, 5) is -0.209. The molecule has 1 aliphatic rings. The van der Waals surface area contributed by atoms with E-state index in [4.69, 9.17) is 10.5 Å². The van der Waals surface area contributed by atoms with Gasteiger partial charge in [-0.25, -0.2) is 17.5 Å². The lowest BCUT2D eigenvalue weighted by molar-refractivity contribution is 0.0678. The molecule has 0 radical (unpaired) electrons. The van der Waals surface area contributed by atoms with E-state index in [2.05, 4.69) is 4.72 Å². The van der Waals surface area contributed by atoms with E-state index in [9.17, 15) is 12.8 Å². The molecular weight excluding hydrogens is 271 g/mol. The van der Waals surface area contributed by atoms with Gasteiger partial charge < -0.3 is 10.5 Å². The van der Waals surface area contributed by atoms with E-state index < -0.39 is 15.8 Å². The van der Waals surface area contributed by atoms with Crippen LogP contribution in [0.5, 0.6) is 0 Å². The second kappa shape index (κ2) is 5.85. The molecule has 3 N–H and O–H groups in total. The Kier molecular flexibility index (Phi) is 4.38. The van der Waals surface area contributed by atoms with Crippen molar-refractivity contribution in [3.8, 4) is 0 Å². The molecular formula is C12H17FN2O3S. The lowest BCUT2D eigenvalue weighted by atomic mass is 10.0. The fourth-order valence-corrected chi connectivity index (χ4v) is 3.26. The van der Waals surface area contributed by atoms with Gasteiger partial charge in [-0.15, -0.1) is 0 Å². The van der Waals surface area contributed by atoms with Crippen LogP contribution >= 0.6 is 0 Å². The molecule has 5 nitrogen and oxygen atoms in total. The van der Waals surface area contributed by atoms with Gasteiger partial charge in [-0.05, 0) is 30.9 Å². The van der Waals surface area contributed by atoms with Crippen LogP contribution in [0.25, 0.3) is 0 Å². The van der Waals surface area contributed by atoms with Crippen molar-refractivity contribution in [3.63, 3.8) is 0 Å². The molecule has 7 heteroatoms. The summed E-state index contributed by atoms with van der Waals surface area (Å²) >= 11 is 0. The molecule has 0 aromatic heterocycles. The van der Waals surface area contributed by atoms with Crippen LogP contribution in [-0.2, 0) is 14.8 Å². The monoisotopic (exact) mass is 288 g/mol. The third kappa shape index (κ3) is 3.43. The van der Waals surface area contributed by atoms with E-state index in [1.165, 1.54) is 12.1 Å². The molecule has 0 atom stereocenters. The Morgan fingerprint density at radius 3 is 2.74 bits per heavy atom. The number of sulfonamides is 1. The molecule has 1 aliphatic heterocycles. The highest BCUT2D eigenvalue weighted by Crippen LogP contribution is 2.21. The number of hydrogen-bond acceptors (Lipinski definition) is 4. The number of nitrogen functional groups attached to an aromatic ring is 1. The highest BCUT2D eigenvalue weighted by atomic mass is 32.2. The van der Waals surface area contributed by atoms with Gasteiger partial charge in [-0.2, -0.15) is 0 Å². The minimum absolute atomic E-state index is 0.209. The van der Waals surface area contributed by atoms with Crippen molar-refractivity contribution in [1.82, 2.24) is 4.72 Å². The van der Waals surface area contributed by atoms with E-state index in [0.717, 1.165) is 18.9 Å². The zero-order valence-corrected chi connectivity index (χ0v) is 11.2.